The predicted molar refractivity (Wildman–Crippen MR) is 56.4 cm³/mol. The van der Waals surface area contributed by atoms with Crippen molar-refractivity contribution >= 4 is 23.3 Å². The summed E-state index contributed by atoms with van der Waals surface area (Å²) in [4.78, 5) is 11.3. The Balaban J connectivity index is 3.20. The van der Waals surface area contributed by atoms with E-state index in [2.05, 4.69) is 9.89 Å². The van der Waals surface area contributed by atoms with Crippen molar-refractivity contribution < 1.29 is 19.1 Å². The minimum Gasteiger partial charge on any atom is -0.461 e. The van der Waals surface area contributed by atoms with E-state index in [0.717, 1.165) is 6.07 Å². The van der Waals surface area contributed by atoms with Crippen molar-refractivity contribution in [1.82, 2.24) is 0 Å². The Morgan fingerprint density at radius 1 is 1.62 bits per heavy atom. The molecular weight excluding hydrogens is 237 g/mol. The highest BCUT2D eigenvalue weighted by Gasteiger charge is 2.22. The van der Waals surface area contributed by atoms with Crippen molar-refractivity contribution in [3.05, 3.63) is 34.6 Å². The summed E-state index contributed by atoms with van der Waals surface area (Å²) in [5.41, 5.74) is -0.824. The number of benzene rings is 1. The SMILES string of the molecule is CCOC(=O)/C(=N\O)c1c(F)cccc1Cl. The number of carbonyl (C=O) groups is 1. The molecule has 1 N–H and O–H groups in total. The van der Waals surface area contributed by atoms with Crippen molar-refractivity contribution in [2.24, 2.45) is 5.16 Å². The fourth-order valence-corrected chi connectivity index (χ4v) is 1.37. The summed E-state index contributed by atoms with van der Waals surface area (Å²) in [5, 5.41) is 11.4. The Hall–Kier alpha value is -1.62. The average molecular weight is 246 g/mol. The van der Waals surface area contributed by atoms with Crippen molar-refractivity contribution in [3.63, 3.8) is 0 Å². The van der Waals surface area contributed by atoms with Crippen LogP contribution in [0.1, 0.15) is 12.5 Å². The van der Waals surface area contributed by atoms with E-state index in [0.29, 0.717) is 0 Å². The second-order valence-electron chi connectivity index (χ2n) is 2.77. The Kier molecular flexibility index (Phi) is 4.25. The summed E-state index contributed by atoms with van der Waals surface area (Å²) in [6.07, 6.45) is 0. The lowest BCUT2D eigenvalue weighted by Crippen LogP contribution is -2.20. The van der Waals surface area contributed by atoms with Crippen LogP contribution < -0.4 is 0 Å². The van der Waals surface area contributed by atoms with Crippen molar-refractivity contribution in [3.8, 4) is 0 Å². The molecule has 0 aliphatic carbocycles. The van der Waals surface area contributed by atoms with Crippen molar-refractivity contribution in [1.29, 1.82) is 0 Å². The molecule has 0 heterocycles. The highest BCUT2D eigenvalue weighted by molar-refractivity contribution is 6.47. The van der Waals surface area contributed by atoms with Gasteiger partial charge >= 0.3 is 5.97 Å². The third-order valence-electron chi connectivity index (χ3n) is 1.77. The topological polar surface area (TPSA) is 58.9 Å². The number of halogens is 2. The number of hydrogen-bond donors (Lipinski definition) is 1. The lowest BCUT2D eigenvalue weighted by molar-refractivity contribution is -0.135. The van der Waals surface area contributed by atoms with Crippen molar-refractivity contribution in [2.45, 2.75) is 6.92 Å². The zero-order valence-corrected chi connectivity index (χ0v) is 9.16. The number of esters is 1. The standard InChI is InChI=1S/C10H9ClFNO3/c1-2-16-10(14)9(13-15)8-6(11)4-3-5-7(8)12/h3-5,15H,2H2,1H3/b13-9-. The Morgan fingerprint density at radius 3 is 2.81 bits per heavy atom. The van der Waals surface area contributed by atoms with E-state index in [1.807, 2.05) is 0 Å². The molecule has 1 aromatic carbocycles. The first-order valence-electron chi connectivity index (χ1n) is 4.45. The number of nitrogens with zero attached hydrogens (tertiary/aromatic N) is 1. The second kappa shape index (κ2) is 5.46. The van der Waals surface area contributed by atoms with Gasteiger partial charge in [0.05, 0.1) is 17.2 Å². The average Bonchev–Trinajstić information content (AvgIpc) is 2.24. The Bertz CT molecular complexity index is 414. The van der Waals surface area contributed by atoms with E-state index in [-0.39, 0.29) is 17.2 Å². The molecule has 0 aliphatic heterocycles. The van der Waals surface area contributed by atoms with Crippen LogP contribution in [0.25, 0.3) is 0 Å². The zero-order valence-electron chi connectivity index (χ0n) is 8.41. The second-order valence-corrected chi connectivity index (χ2v) is 3.17. The summed E-state index contributed by atoms with van der Waals surface area (Å²) >= 11 is 5.71. The van der Waals surface area contributed by atoms with Gasteiger partial charge in [-0.1, -0.05) is 22.8 Å². The zero-order chi connectivity index (χ0) is 12.1. The third-order valence-corrected chi connectivity index (χ3v) is 2.08. The van der Waals surface area contributed by atoms with E-state index in [9.17, 15) is 9.18 Å². The maximum atomic E-state index is 13.4. The van der Waals surface area contributed by atoms with E-state index >= 15 is 0 Å². The molecule has 0 unspecified atom stereocenters. The van der Waals surface area contributed by atoms with E-state index in [4.69, 9.17) is 16.8 Å². The lowest BCUT2D eigenvalue weighted by atomic mass is 10.1. The molecule has 1 aromatic rings. The van der Waals surface area contributed by atoms with Gasteiger partial charge in [0.2, 0.25) is 0 Å². The number of hydrogen-bond acceptors (Lipinski definition) is 4. The molecule has 0 bridgehead atoms. The van der Waals surface area contributed by atoms with Gasteiger partial charge in [0.25, 0.3) is 0 Å². The van der Waals surface area contributed by atoms with Crippen LogP contribution in [0.15, 0.2) is 23.4 Å². The van der Waals surface area contributed by atoms with Crippen LogP contribution >= 0.6 is 11.6 Å². The van der Waals surface area contributed by atoms with Crippen LogP contribution in [0.2, 0.25) is 5.02 Å². The van der Waals surface area contributed by atoms with Gasteiger partial charge < -0.3 is 9.94 Å². The van der Waals surface area contributed by atoms with Gasteiger partial charge in [-0.15, -0.1) is 0 Å². The largest absolute Gasteiger partial charge is 0.461 e. The summed E-state index contributed by atoms with van der Waals surface area (Å²) in [7, 11) is 0. The highest BCUT2D eigenvalue weighted by Crippen LogP contribution is 2.20. The fourth-order valence-electron chi connectivity index (χ4n) is 1.12. The smallest absolute Gasteiger partial charge is 0.361 e. The predicted octanol–water partition coefficient (Wildman–Crippen LogP) is 2.22. The molecule has 0 amide bonds. The van der Waals surface area contributed by atoms with Crippen molar-refractivity contribution in [2.75, 3.05) is 6.61 Å². The van der Waals surface area contributed by atoms with Gasteiger partial charge in [-0.05, 0) is 19.1 Å². The molecule has 6 heteroatoms. The number of ether oxygens (including phenoxy) is 1. The molecule has 0 saturated heterocycles. The monoisotopic (exact) mass is 245 g/mol. The van der Waals surface area contributed by atoms with Gasteiger partial charge in [-0.25, -0.2) is 9.18 Å². The molecule has 0 atom stereocenters. The number of oxime groups is 1. The van der Waals surface area contributed by atoms with E-state index in [1.165, 1.54) is 12.1 Å². The molecule has 0 fully saturated rings. The first-order chi connectivity index (χ1) is 7.61. The van der Waals surface area contributed by atoms with Crippen LogP contribution in [0.4, 0.5) is 4.39 Å². The van der Waals surface area contributed by atoms with Crippen LogP contribution in [-0.4, -0.2) is 23.5 Å². The summed E-state index contributed by atoms with van der Waals surface area (Å²) in [6, 6.07) is 3.86. The summed E-state index contributed by atoms with van der Waals surface area (Å²) in [5.74, 6) is -1.69. The van der Waals surface area contributed by atoms with E-state index < -0.39 is 17.5 Å². The molecule has 0 saturated carbocycles. The fraction of sp³-hybridized carbons (Fsp3) is 0.200. The number of rotatable bonds is 3. The van der Waals surface area contributed by atoms with Crippen LogP contribution in [0.5, 0.6) is 0 Å². The molecule has 16 heavy (non-hydrogen) atoms. The van der Waals surface area contributed by atoms with Crippen LogP contribution in [-0.2, 0) is 9.53 Å². The van der Waals surface area contributed by atoms with Gasteiger partial charge in [-0.2, -0.15) is 0 Å². The maximum Gasteiger partial charge on any atom is 0.361 e. The highest BCUT2D eigenvalue weighted by atomic mass is 35.5. The quantitative estimate of drug-likeness (QED) is 0.384. The molecule has 4 nitrogen and oxygen atoms in total. The molecule has 0 aliphatic rings. The first kappa shape index (κ1) is 12.4. The molecule has 1 rings (SSSR count). The third kappa shape index (κ3) is 2.49. The van der Waals surface area contributed by atoms with Gasteiger partial charge in [0.1, 0.15) is 5.82 Å². The first-order valence-corrected chi connectivity index (χ1v) is 4.83. The molecule has 0 spiro atoms. The van der Waals surface area contributed by atoms with Gasteiger partial charge in [0, 0.05) is 0 Å². The molecule has 86 valence electrons. The van der Waals surface area contributed by atoms with Crippen LogP contribution in [0.3, 0.4) is 0 Å². The molecule has 0 radical (unpaired) electrons. The van der Waals surface area contributed by atoms with Gasteiger partial charge in [-0.3, -0.25) is 0 Å². The lowest BCUT2D eigenvalue weighted by Gasteiger charge is -2.06. The number of carbonyl (C=O) groups excluding carboxylic acids is 1. The van der Waals surface area contributed by atoms with E-state index in [1.54, 1.807) is 6.92 Å². The Morgan fingerprint density at radius 2 is 2.31 bits per heavy atom. The minimum absolute atomic E-state index is 0.0270. The normalized spacial score (nSPS) is 11.3. The Labute approximate surface area is 96.3 Å². The molecule has 0 aromatic heterocycles. The minimum atomic E-state index is -0.933. The summed E-state index contributed by atoms with van der Waals surface area (Å²) < 4.78 is 18.0. The summed E-state index contributed by atoms with van der Waals surface area (Å²) in [6.45, 7) is 1.67. The van der Waals surface area contributed by atoms with Crippen LogP contribution in [0, 0.1) is 5.82 Å². The van der Waals surface area contributed by atoms with Gasteiger partial charge in [0.15, 0.2) is 5.71 Å². The molecular formula is C10H9ClFNO3. The maximum absolute atomic E-state index is 13.4.